The first kappa shape index (κ1) is 32.2. The molecule has 0 aliphatic heterocycles. The van der Waals surface area contributed by atoms with Gasteiger partial charge in [-0.3, -0.25) is 4.79 Å². The number of fused-ring (bicyclic) bond motifs is 1. The van der Waals surface area contributed by atoms with Gasteiger partial charge in [0.05, 0.1) is 0 Å². The Kier molecular flexibility index (Phi) is 17.1. The fraction of sp³-hybridized carbons (Fsp3) is 0.375. The van der Waals surface area contributed by atoms with E-state index >= 15 is 0 Å². The maximum absolute atomic E-state index is 11.5. The lowest BCUT2D eigenvalue weighted by Gasteiger charge is -2.04. The molecule has 1 heterocycles. The number of Topliss-reactive ketones (excluding diaryl/α,β-unsaturated/α-hetero) is 1. The van der Waals surface area contributed by atoms with E-state index < -0.39 is 0 Å². The number of ketones is 1. The van der Waals surface area contributed by atoms with Crippen molar-refractivity contribution in [3.05, 3.63) is 95.0 Å². The molecule has 1 fully saturated rings. The number of benzene rings is 1. The van der Waals surface area contributed by atoms with Crippen molar-refractivity contribution in [2.24, 2.45) is 5.92 Å². The van der Waals surface area contributed by atoms with Crippen molar-refractivity contribution in [2.45, 2.75) is 73.6 Å². The van der Waals surface area contributed by atoms with Gasteiger partial charge in [0.25, 0.3) is 0 Å². The van der Waals surface area contributed by atoms with Crippen LogP contribution in [0.1, 0.15) is 72.8 Å². The van der Waals surface area contributed by atoms with Crippen LogP contribution in [-0.2, 0) is 16.0 Å². The molecule has 3 heteroatoms. The highest BCUT2D eigenvalue weighted by molar-refractivity contribution is 7.17. The Morgan fingerprint density at radius 3 is 2.26 bits per heavy atom. The second-order valence-electron chi connectivity index (χ2n) is 8.50. The van der Waals surface area contributed by atoms with Gasteiger partial charge in [0, 0.05) is 11.1 Å². The fourth-order valence-electron chi connectivity index (χ4n) is 3.37. The number of aryl methyl sites for hydroxylation is 1. The normalized spacial score (nSPS) is 13.4. The SMILES string of the molecule is C=C/C(=C\C=C/C)C(=C)C.C=O.CCCC(=O)/C(C)=C(/C)C1CC1.CCc1cccc2ccsc12. The highest BCUT2D eigenvalue weighted by atomic mass is 32.1. The molecule has 0 saturated heterocycles. The number of rotatable bonds is 8. The summed E-state index contributed by atoms with van der Waals surface area (Å²) < 4.78 is 1.45. The Hall–Kier alpha value is -2.78. The van der Waals surface area contributed by atoms with E-state index in [4.69, 9.17) is 4.79 Å². The van der Waals surface area contributed by atoms with Gasteiger partial charge in [0.2, 0.25) is 0 Å². The van der Waals surface area contributed by atoms with Gasteiger partial charge in [-0.05, 0) is 92.8 Å². The molecule has 0 spiro atoms. The zero-order valence-electron chi connectivity index (χ0n) is 22.7. The zero-order valence-corrected chi connectivity index (χ0v) is 23.5. The van der Waals surface area contributed by atoms with Gasteiger partial charge in [-0.25, -0.2) is 0 Å². The Bertz CT molecular complexity index is 1030. The van der Waals surface area contributed by atoms with Crippen molar-refractivity contribution in [2.75, 3.05) is 0 Å². The van der Waals surface area contributed by atoms with E-state index in [0.717, 1.165) is 41.9 Å². The van der Waals surface area contributed by atoms with Crippen LogP contribution in [0.15, 0.2) is 89.4 Å². The van der Waals surface area contributed by atoms with Crippen LogP contribution in [0, 0.1) is 5.92 Å². The molecule has 0 N–H and O–H groups in total. The van der Waals surface area contributed by atoms with Gasteiger partial charge >= 0.3 is 0 Å². The molecule has 1 aromatic heterocycles. The number of allylic oxidation sites excluding steroid dienone is 8. The van der Waals surface area contributed by atoms with Crippen LogP contribution in [0.5, 0.6) is 0 Å². The third-order valence-electron chi connectivity index (χ3n) is 5.80. The third-order valence-corrected chi connectivity index (χ3v) is 6.80. The van der Waals surface area contributed by atoms with E-state index in [1.165, 1.54) is 34.1 Å². The minimum absolute atomic E-state index is 0.349. The van der Waals surface area contributed by atoms with Crippen molar-refractivity contribution in [1.82, 2.24) is 0 Å². The molecule has 0 unspecified atom stereocenters. The Morgan fingerprint density at radius 2 is 1.77 bits per heavy atom. The van der Waals surface area contributed by atoms with Crippen molar-refractivity contribution < 1.29 is 9.59 Å². The first-order valence-electron chi connectivity index (χ1n) is 12.4. The second kappa shape index (κ2) is 18.5. The molecule has 2 nitrogen and oxygen atoms in total. The topological polar surface area (TPSA) is 34.1 Å². The lowest BCUT2D eigenvalue weighted by atomic mass is 10.0. The Balaban J connectivity index is 0.000000480. The highest BCUT2D eigenvalue weighted by Crippen LogP contribution is 2.37. The van der Waals surface area contributed by atoms with E-state index in [0.29, 0.717) is 5.78 Å². The van der Waals surface area contributed by atoms with E-state index in [9.17, 15) is 4.79 Å². The van der Waals surface area contributed by atoms with Gasteiger partial charge in [-0.1, -0.05) is 80.7 Å². The monoisotopic (exact) mass is 492 g/mol. The molecule has 1 aliphatic rings. The number of thiophene rings is 1. The molecule has 2 aromatic rings. The summed E-state index contributed by atoms with van der Waals surface area (Å²) in [6.45, 7) is 21.8. The lowest BCUT2D eigenvalue weighted by Crippen LogP contribution is -2.01. The first-order valence-corrected chi connectivity index (χ1v) is 13.2. The summed E-state index contributed by atoms with van der Waals surface area (Å²) in [5.41, 5.74) is 5.98. The number of carbonyl (C=O) groups excluding carboxylic acids is 2. The fourth-order valence-corrected chi connectivity index (χ4v) is 4.36. The molecule has 1 saturated carbocycles. The number of hydrogen-bond donors (Lipinski definition) is 0. The molecule has 0 radical (unpaired) electrons. The quantitative estimate of drug-likeness (QED) is 0.271. The first-order chi connectivity index (χ1) is 16.8. The standard InChI is InChI=1S/C11H18O.C10H10S.C10H14.CH2O/c1-4-5-11(12)9(3)8(2)10-6-7-10;1-2-8-4-3-5-9-6-7-11-10(8)9;1-5-7-8-10(6-2)9(3)4;1-2/h10H,4-7H2,1-3H3;3-7H,2H2,1H3;5-8H,2-3H2,1,4H3;1H2/b9-8-;;7-5-,10-8+;. The van der Waals surface area contributed by atoms with Crippen LogP contribution in [0.25, 0.3) is 10.1 Å². The van der Waals surface area contributed by atoms with Crippen LogP contribution in [0.3, 0.4) is 0 Å². The van der Waals surface area contributed by atoms with Gasteiger partial charge in [-0.15, -0.1) is 11.3 Å². The van der Waals surface area contributed by atoms with Crippen LogP contribution in [0.4, 0.5) is 0 Å². The van der Waals surface area contributed by atoms with E-state index in [1.807, 2.05) is 63.2 Å². The molecule has 1 aliphatic carbocycles. The van der Waals surface area contributed by atoms with Crippen LogP contribution in [0.2, 0.25) is 0 Å². The Morgan fingerprint density at radius 1 is 1.11 bits per heavy atom. The van der Waals surface area contributed by atoms with Crippen LogP contribution in [-0.4, -0.2) is 12.6 Å². The third kappa shape index (κ3) is 12.0. The summed E-state index contributed by atoms with van der Waals surface area (Å²) in [6.07, 6.45) is 13.2. The maximum Gasteiger partial charge on any atom is 0.158 e. The zero-order chi connectivity index (χ0) is 26.8. The minimum atomic E-state index is 0.349. The van der Waals surface area contributed by atoms with Crippen LogP contribution < -0.4 is 0 Å². The number of hydrogen-bond acceptors (Lipinski definition) is 3. The predicted octanol–water partition coefficient (Wildman–Crippen LogP) is 9.63. The second-order valence-corrected chi connectivity index (χ2v) is 9.41. The summed E-state index contributed by atoms with van der Waals surface area (Å²) in [5.74, 6) is 1.09. The number of carbonyl (C=O) groups is 2. The lowest BCUT2D eigenvalue weighted by molar-refractivity contribution is -0.115. The highest BCUT2D eigenvalue weighted by Gasteiger charge is 2.25. The van der Waals surface area contributed by atoms with Gasteiger partial charge in [0.15, 0.2) is 5.78 Å². The summed E-state index contributed by atoms with van der Waals surface area (Å²) >= 11 is 1.84. The largest absolute Gasteiger partial charge is 0.307 e. The molecule has 0 bridgehead atoms. The molecule has 3 rings (SSSR count). The van der Waals surface area contributed by atoms with Crippen LogP contribution >= 0.6 is 11.3 Å². The minimum Gasteiger partial charge on any atom is -0.307 e. The van der Waals surface area contributed by atoms with E-state index in [1.54, 1.807) is 0 Å². The molecule has 1 aromatic carbocycles. The molecule has 0 atom stereocenters. The predicted molar refractivity (Wildman–Crippen MR) is 157 cm³/mol. The molecule has 35 heavy (non-hydrogen) atoms. The van der Waals surface area contributed by atoms with Gasteiger partial charge < -0.3 is 4.79 Å². The van der Waals surface area contributed by atoms with Crippen molar-refractivity contribution in [3.63, 3.8) is 0 Å². The summed E-state index contributed by atoms with van der Waals surface area (Å²) in [4.78, 5) is 19.5. The molecular weight excluding hydrogens is 448 g/mol. The van der Waals surface area contributed by atoms with E-state index in [-0.39, 0.29) is 0 Å². The summed E-state index contributed by atoms with van der Waals surface area (Å²) in [7, 11) is 0. The van der Waals surface area contributed by atoms with Crippen molar-refractivity contribution in [3.8, 4) is 0 Å². The molecule has 0 amide bonds. The summed E-state index contributed by atoms with van der Waals surface area (Å²) in [6, 6.07) is 8.69. The smallest absolute Gasteiger partial charge is 0.158 e. The van der Waals surface area contributed by atoms with Crippen molar-refractivity contribution in [1.29, 1.82) is 0 Å². The molecular formula is C32H44O2S. The maximum atomic E-state index is 11.5. The van der Waals surface area contributed by atoms with Gasteiger partial charge in [-0.2, -0.15) is 0 Å². The Labute approximate surface area is 217 Å². The van der Waals surface area contributed by atoms with E-state index in [2.05, 4.69) is 63.6 Å². The summed E-state index contributed by atoms with van der Waals surface area (Å²) in [5, 5.41) is 3.54. The van der Waals surface area contributed by atoms with Crippen molar-refractivity contribution >= 4 is 34.0 Å². The van der Waals surface area contributed by atoms with Gasteiger partial charge in [0.1, 0.15) is 6.79 Å². The molecule has 190 valence electrons. The average Bonchev–Trinajstić information content (AvgIpc) is 3.61. The average molecular weight is 493 g/mol.